The Morgan fingerprint density at radius 3 is 1.39 bits per heavy atom. The van der Waals surface area contributed by atoms with E-state index in [1.165, 1.54) is 76.7 Å². The molecule has 0 fully saturated rings. The summed E-state index contributed by atoms with van der Waals surface area (Å²) < 4.78 is 34.2. The van der Waals surface area contributed by atoms with Crippen molar-refractivity contribution >= 4 is 86.7 Å². The first-order chi connectivity index (χ1) is 61.6. The zero-order valence-corrected chi connectivity index (χ0v) is 77.0. The summed E-state index contributed by atoms with van der Waals surface area (Å²) in [5.74, 6) is -3.55. The molecule has 8 heterocycles. The molecule has 0 spiro atoms. The molecule has 1 aliphatic rings. The number of carbonyl (C=O) groups is 6. The first kappa shape index (κ1) is 95.3. The number of pyridine rings is 2. The lowest BCUT2D eigenvalue weighted by Crippen LogP contribution is -2.42. The fourth-order valence-corrected chi connectivity index (χ4v) is 14.5. The van der Waals surface area contributed by atoms with Crippen molar-refractivity contribution in [3.05, 3.63) is 208 Å². The Bertz CT molecular complexity index is 6570. The number of phenolic OH excluding ortho intramolecular Hbond substituents is 4. The van der Waals surface area contributed by atoms with Crippen LogP contribution in [0.15, 0.2) is 151 Å². The van der Waals surface area contributed by atoms with Gasteiger partial charge in [-0.3, -0.25) is 57.3 Å². The number of anilines is 2. The number of imidazole rings is 3. The second-order valence-electron chi connectivity index (χ2n) is 37.2. The number of carboxylic acid groups (broad SMARTS) is 1. The first-order valence-corrected chi connectivity index (χ1v) is 43.0. The van der Waals surface area contributed by atoms with Gasteiger partial charge in [-0.2, -0.15) is 0 Å². The summed E-state index contributed by atoms with van der Waals surface area (Å²) in [6.45, 7) is 41.1. The third-order valence-corrected chi connectivity index (χ3v) is 21.3. The molecule has 6 aromatic carbocycles. The fraction of sp³-hybridized carbons (Fsp3) is 0.340. The molecule has 7 aromatic heterocycles. The molecule has 0 saturated carbocycles. The van der Waals surface area contributed by atoms with Crippen molar-refractivity contribution in [2.75, 3.05) is 24.1 Å². The summed E-state index contributed by atoms with van der Waals surface area (Å²) in [7, 11) is 0. The second-order valence-corrected chi connectivity index (χ2v) is 37.2. The van der Waals surface area contributed by atoms with Gasteiger partial charge in [-0.05, 0) is 195 Å². The molecule has 2 atom stereocenters. The maximum absolute atomic E-state index is 13.9. The van der Waals surface area contributed by atoms with Crippen molar-refractivity contribution in [2.24, 2.45) is 21.2 Å². The molecule has 5 amide bonds. The highest BCUT2D eigenvalue weighted by Gasteiger charge is 2.34. The topological polar surface area (TPSA) is 454 Å². The maximum atomic E-state index is 13.9. The zero-order valence-electron chi connectivity index (χ0n) is 77.0. The Morgan fingerprint density at radius 1 is 0.496 bits per heavy atom. The molecule has 684 valence electrons. The van der Waals surface area contributed by atoms with Crippen LogP contribution in [0.5, 0.6) is 23.0 Å². The molecule has 13 N–H and O–H groups in total. The predicted octanol–water partition coefficient (Wildman–Crippen LogP) is 16.6. The minimum absolute atomic E-state index is 0.0356. The Hall–Kier alpha value is -14.9. The number of H-pyrrole nitrogens is 1. The van der Waals surface area contributed by atoms with Crippen molar-refractivity contribution in [3.63, 3.8) is 0 Å². The number of rotatable bonds is 23. The van der Waals surface area contributed by atoms with Crippen molar-refractivity contribution < 1.29 is 63.1 Å². The van der Waals surface area contributed by atoms with Crippen molar-refractivity contribution in [1.29, 1.82) is 0 Å². The third kappa shape index (κ3) is 21.6. The summed E-state index contributed by atoms with van der Waals surface area (Å²) >= 11 is 0. The minimum Gasteiger partial charge on any atom is -0.508 e. The van der Waals surface area contributed by atoms with E-state index in [2.05, 4.69) is 119 Å². The van der Waals surface area contributed by atoms with E-state index < -0.39 is 47.6 Å². The number of hydrogen-bond donors (Lipinski definition) is 12. The molecule has 131 heavy (non-hydrogen) atoms. The van der Waals surface area contributed by atoms with E-state index in [0.29, 0.717) is 82.8 Å². The summed E-state index contributed by atoms with van der Waals surface area (Å²) in [4.78, 5) is 109. The molecule has 0 bridgehead atoms. The standard InChI is InChI=1S/C48H54FN11O5.C25H30FN5.C24H27N5O6/c1-11-50-44(65)41-58-57-39(32-22-31(25(2)3)35(61)23-36(32)62)60(41)30-18-14-28(15-19-30)43(64)51-26(4)42(63)56-46-53-34-21-20-33(52-40(34)59(46)24-47(5,6)7)38-37(27-12-16-29(49)17-13-27)54-45(55-38)48(8,9)10;1-24(2,3)14-31-22-19(29-23(31)27)12-11-18(28-22)17-13-20(25(4,5)6)30-21(17)15-7-9-16(26)10-8-15;1-5-25-23(33)21-28-27-20(17-10-16(12(2)3)18(30)11-19(17)31)29(21)15-8-6-14(7-9-15)22(32)26-13(4)24(34)35/h12-23,25-26,61-62H,11,24H2,1-10H3,(H,50,65)(H,51,64)(H,54,55)(H,53,56,63);7-12H,13-14H2,1-6H3,(H2,27,29);6-13,30-31H,5H2,1-4H3,(H,25,33)(H,26,32)(H,34,35)/t26-;;13-/m0.0/s1. The van der Waals surface area contributed by atoms with Crippen molar-refractivity contribution in [2.45, 2.75) is 187 Å². The summed E-state index contributed by atoms with van der Waals surface area (Å²) in [5.41, 5.74) is 18.4. The number of aromatic nitrogens is 14. The molecule has 14 rings (SSSR count). The number of carbonyl (C=O) groups excluding carboxylic acids is 5. The quantitative estimate of drug-likeness (QED) is 0.0283. The number of phenols is 4. The van der Waals surface area contributed by atoms with Gasteiger partial charge in [0.05, 0.1) is 39.6 Å². The van der Waals surface area contributed by atoms with Crippen LogP contribution in [0.25, 0.3) is 90.4 Å². The molecule has 0 aliphatic carbocycles. The lowest BCUT2D eigenvalue weighted by molar-refractivity contribution is -0.138. The summed E-state index contributed by atoms with van der Waals surface area (Å²) in [5, 5.41) is 81.2. The van der Waals surface area contributed by atoms with Gasteiger partial charge in [0.15, 0.2) is 22.9 Å². The monoisotopic (exact) mass is 1780 g/mol. The molecule has 0 unspecified atom stereocenters. The lowest BCUT2D eigenvalue weighted by Gasteiger charge is -2.21. The van der Waals surface area contributed by atoms with E-state index in [1.807, 2.05) is 81.9 Å². The summed E-state index contributed by atoms with van der Waals surface area (Å²) in [6, 6.07) is 36.1. The number of aromatic hydroxyl groups is 4. The molecular weight excluding hydrogens is 1670 g/mol. The normalized spacial score (nSPS) is 12.9. The van der Waals surface area contributed by atoms with Crippen molar-refractivity contribution in [1.82, 2.24) is 89.8 Å². The van der Waals surface area contributed by atoms with Crippen LogP contribution in [0.2, 0.25) is 0 Å². The van der Waals surface area contributed by atoms with Crippen LogP contribution < -0.4 is 32.3 Å². The maximum Gasteiger partial charge on any atom is 0.325 e. The minimum atomic E-state index is -1.16. The second kappa shape index (κ2) is 38.2. The van der Waals surface area contributed by atoms with Gasteiger partial charge in [0, 0.05) is 100 Å². The van der Waals surface area contributed by atoms with E-state index in [4.69, 9.17) is 35.8 Å². The molecule has 0 saturated heterocycles. The molecule has 0 radical (unpaired) electrons. The number of benzene rings is 6. The summed E-state index contributed by atoms with van der Waals surface area (Å²) in [6.07, 6.45) is 0.706. The van der Waals surface area contributed by atoms with Crippen LogP contribution in [-0.2, 0) is 28.1 Å². The molecule has 34 heteroatoms. The highest BCUT2D eigenvalue weighted by atomic mass is 19.1. The van der Waals surface area contributed by atoms with Gasteiger partial charge in [0.2, 0.25) is 29.5 Å². The number of nitrogens with one attached hydrogen (secondary N) is 6. The number of aromatic amines is 1. The van der Waals surface area contributed by atoms with Crippen LogP contribution in [0.4, 0.5) is 20.7 Å². The Kier molecular flexibility index (Phi) is 27.8. The van der Waals surface area contributed by atoms with Gasteiger partial charge in [0.1, 0.15) is 63.6 Å². The first-order valence-electron chi connectivity index (χ1n) is 43.0. The molecule has 1 aliphatic heterocycles. The number of allylic oxidation sites excluding steroid dienone is 1. The number of hydrogen-bond acceptors (Lipinski definition) is 21. The smallest absolute Gasteiger partial charge is 0.325 e. The van der Waals surface area contributed by atoms with E-state index in [-0.39, 0.29) is 120 Å². The average Bonchev–Trinajstić information content (AvgIpc) is 1.64. The van der Waals surface area contributed by atoms with Gasteiger partial charge in [-0.25, -0.2) is 33.7 Å². The van der Waals surface area contributed by atoms with Gasteiger partial charge < -0.3 is 57.5 Å². The third-order valence-electron chi connectivity index (χ3n) is 21.3. The van der Waals surface area contributed by atoms with Crippen LogP contribution in [-0.4, -0.2) is 160 Å². The van der Waals surface area contributed by atoms with E-state index in [1.54, 1.807) is 81.4 Å². The number of amides is 5. The Morgan fingerprint density at radius 2 is 0.939 bits per heavy atom. The van der Waals surface area contributed by atoms with Crippen LogP contribution in [0.1, 0.15) is 227 Å². The van der Waals surface area contributed by atoms with E-state index >= 15 is 0 Å². The number of halogens is 2. The zero-order chi connectivity index (χ0) is 95.5. The number of aliphatic carboxylic acids is 1. The number of nitrogens with two attached hydrogens (primary N) is 1. The average molecular weight is 1790 g/mol. The van der Waals surface area contributed by atoms with E-state index in [9.17, 15) is 58.0 Å². The van der Waals surface area contributed by atoms with Crippen LogP contribution in [0, 0.1) is 27.9 Å². The van der Waals surface area contributed by atoms with Crippen molar-refractivity contribution in [3.8, 4) is 79.8 Å². The number of fused-ring (bicyclic) bond motifs is 2. The van der Waals surface area contributed by atoms with E-state index in [0.717, 1.165) is 57.3 Å². The number of nitrogens with zero attached hydrogens (tertiary/aromatic N) is 14. The number of carboxylic acids is 1. The molecular formula is C97H111F2N21O11. The predicted molar refractivity (Wildman–Crippen MR) is 499 cm³/mol. The van der Waals surface area contributed by atoms with Crippen LogP contribution in [0.3, 0.4) is 0 Å². The lowest BCUT2D eigenvalue weighted by atomic mass is 9.86. The molecule has 32 nitrogen and oxygen atoms in total. The number of aliphatic imine (C=N–C) groups is 1. The van der Waals surface area contributed by atoms with Gasteiger partial charge in [0.25, 0.3) is 23.6 Å². The number of nitrogen functional groups attached to an aromatic ring is 1. The fourth-order valence-electron chi connectivity index (χ4n) is 14.5. The molecule has 13 aromatic rings. The Labute approximate surface area is 756 Å². The van der Waals surface area contributed by atoms with Gasteiger partial charge in [-0.15, -0.1) is 20.4 Å². The van der Waals surface area contributed by atoms with Gasteiger partial charge in [-0.1, -0.05) is 111 Å². The largest absolute Gasteiger partial charge is 0.508 e. The highest BCUT2D eigenvalue weighted by molar-refractivity contribution is 6.12. The Balaban J connectivity index is 0.000000197. The van der Waals surface area contributed by atoms with Gasteiger partial charge >= 0.3 is 5.97 Å². The SMILES string of the molecule is CC(C)(C)Cn1c(N)nc2ccc(C3=C(c4ccc(F)cc4)N=C(C(C)(C)C)C3)nc21.CCNC(=O)c1nnc(-c2cc(C(C)C)c(O)cc2O)n1-c1ccc(C(=O)N[C@@H](C)C(=O)Nc2nc3ccc(-c4[nH]c(C(C)(C)C)nc4-c4ccc(F)cc4)nc3n2CC(C)(C)C)cc1.CCNC(=O)c1nnc(-c2cc(C(C)C)c(O)cc2O)n1-c1ccc(C(=O)N[C@@H](C)C(=O)O)cc1. The highest BCUT2D eigenvalue weighted by Crippen LogP contribution is 2.44. The van der Waals surface area contributed by atoms with Crippen LogP contribution >= 0.6 is 0 Å².